The summed E-state index contributed by atoms with van der Waals surface area (Å²) in [5.41, 5.74) is 5.43. The summed E-state index contributed by atoms with van der Waals surface area (Å²) in [6.07, 6.45) is 0.678. The van der Waals surface area contributed by atoms with Gasteiger partial charge in [0.25, 0.3) is 10.0 Å². The third-order valence-electron chi connectivity index (χ3n) is 2.07. The molecule has 19 heavy (non-hydrogen) atoms. The minimum Gasteiger partial charge on any atom is -0.398 e. The summed E-state index contributed by atoms with van der Waals surface area (Å²) in [7, 11) is -4.15. The van der Waals surface area contributed by atoms with Gasteiger partial charge in [0, 0.05) is 11.6 Å². The fourth-order valence-corrected chi connectivity index (χ4v) is 3.23. The SMILES string of the molecule is CCCNC(=O)NS(=O)(=O)c1c(N)cc(Cl)cc1Cl. The Balaban J connectivity index is 3.05. The second kappa shape index (κ2) is 6.31. The van der Waals surface area contributed by atoms with Gasteiger partial charge >= 0.3 is 6.03 Å². The number of benzene rings is 1. The van der Waals surface area contributed by atoms with Gasteiger partial charge in [0.15, 0.2) is 0 Å². The van der Waals surface area contributed by atoms with Crippen LogP contribution in [-0.4, -0.2) is 21.0 Å². The zero-order valence-corrected chi connectivity index (χ0v) is 12.4. The summed E-state index contributed by atoms with van der Waals surface area (Å²) in [6, 6.07) is 1.64. The van der Waals surface area contributed by atoms with E-state index in [1.807, 2.05) is 11.6 Å². The fourth-order valence-electron chi connectivity index (χ4n) is 1.31. The Bertz CT molecular complexity index is 567. The molecule has 0 saturated carbocycles. The van der Waals surface area contributed by atoms with Gasteiger partial charge < -0.3 is 11.1 Å². The molecule has 4 N–H and O–H groups in total. The number of hydrogen-bond donors (Lipinski definition) is 3. The number of carbonyl (C=O) groups excluding carboxylic acids is 1. The number of rotatable bonds is 4. The van der Waals surface area contributed by atoms with Crippen molar-refractivity contribution in [3.05, 3.63) is 22.2 Å². The van der Waals surface area contributed by atoms with Crippen molar-refractivity contribution in [3.63, 3.8) is 0 Å². The molecule has 0 heterocycles. The predicted octanol–water partition coefficient (Wildman–Crippen LogP) is 1.97. The van der Waals surface area contributed by atoms with Crippen LogP contribution < -0.4 is 15.8 Å². The maximum atomic E-state index is 12.0. The number of urea groups is 1. The topological polar surface area (TPSA) is 101 Å². The first-order valence-electron chi connectivity index (χ1n) is 5.33. The molecule has 0 bridgehead atoms. The van der Waals surface area contributed by atoms with Crippen molar-refractivity contribution in [2.24, 2.45) is 0 Å². The van der Waals surface area contributed by atoms with Crippen molar-refractivity contribution in [1.29, 1.82) is 0 Å². The number of nitrogens with one attached hydrogen (secondary N) is 2. The molecule has 1 aromatic rings. The van der Waals surface area contributed by atoms with Crippen LogP contribution in [-0.2, 0) is 10.0 Å². The molecule has 6 nitrogen and oxygen atoms in total. The summed E-state index contributed by atoms with van der Waals surface area (Å²) in [5, 5.41) is 2.42. The third kappa shape index (κ3) is 4.15. The standard InChI is InChI=1S/C10H13Cl2N3O3S/c1-2-3-14-10(16)15-19(17,18)9-7(12)4-6(11)5-8(9)13/h4-5H,2-3,13H2,1H3,(H2,14,15,16). The Morgan fingerprint density at radius 3 is 2.53 bits per heavy atom. The Labute approximate surface area is 121 Å². The maximum Gasteiger partial charge on any atom is 0.328 e. The maximum absolute atomic E-state index is 12.0. The molecule has 0 aliphatic carbocycles. The highest BCUT2D eigenvalue weighted by atomic mass is 35.5. The van der Waals surface area contributed by atoms with Crippen molar-refractivity contribution in [2.75, 3.05) is 12.3 Å². The second-order valence-electron chi connectivity index (χ2n) is 3.67. The highest BCUT2D eigenvalue weighted by Gasteiger charge is 2.24. The highest BCUT2D eigenvalue weighted by molar-refractivity contribution is 7.90. The number of nitrogen functional groups attached to an aromatic ring is 1. The lowest BCUT2D eigenvalue weighted by molar-refractivity contribution is 0.246. The molecule has 0 aliphatic heterocycles. The zero-order valence-electron chi connectivity index (χ0n) is 10.0. The molecule has 0 unspecified atom stereocenters. The minimum absolute atomic E-state index is 0.131. The molecule has 2 amide bonds. The van der Waals surface area contributed by atoms with Crippen molar-refractivity contribution in [2.45, 2.75) is 18.2 Å². The van der Waals surface area contributed by atoms with Gasteiger partial charge in [-0.1, -0.05) is 30.1 Å². The van der Waals surface area contributed by atoms with E-state index in [1.165, 1.54) is 12.1 Å². The first-order chi connectivity index (χ1) is 8.77. The smallest absolute Gasteiger partial charge is 0.328 e. The van der Waals surface area contributed by atoms with E-state index in [1.54, 1.807) is 0 Å². The normalized spacial score (nSPS) is 11.1. The van der Waals surface area contributed by atoms with Crippen LogP contribution >= 0.6 is 23.2 Å². The van der Waals surface area contributed by atoms with E-state index in [9.17, 15) is 13.2 Å². The molecule has 0 saturated heterocycles. The lowest BCUT2D eigenvalue weighted by Crippen LogP contribution is -2.39. The van der Waals surface area contributed by atoms with Crippen LogP contribution in [0.2, 0.25) is 10.0 Å². The molecule has 0 spiro atoms. The highest BCUT2D eigenvalue weighted by Crippen LogP contribution is 2.30. The fraction of sp³-hybridized carbons (Fsp3) is 0.300. The molecule has 0 fully saturated rings. The first kappa shape index (κ1) is 15.9. The van der Waals surface area contributed by atoms with Gasteiger partial charge in [-0.25, -0.2) is 17.9 Å². The van der Waals surface area contributed by atoms with Crippen LogP contribution in [0.1, 0.15) is 13.3 Å². The average molecular weight is 326 g/mol. The Kier molecular flexibility index (Phi) is 5.28. The van der Waals surface area contributed by atoms with Gasteiger partial charge in [-0.05, 0) is 18.6 Å². The lowest BCUT2D eigenvalue weighted by Gasteiger charge is -2.11. The van der Waals surface area contributed by atoms with E-state index in [-0.39, 0.29) is 20.6 Å². The van der Waals surface area contributed by atoms with E-state index < -0.39 is 16.1 Å². The summed E-state index contributed by atoms with van der Waals surface area (Å²) >= 11 is 11.5. The monoisotopic (exact) mass is 325 g/mol. The van der Waals surface area contributed by atoms with Crippen molar-refractivity contribution >= 4 is 44.9 Å². The van der Waals surface area contributed by atoms with Crippen LogP contribution in [0.15, 0.2) is 17.0 Å². The van der Waals surface area contributed by atoms with Gasteiger partial charge in [0.1, 0.15) is 4.90 Å². The Morgan fingerprint density at radius 1 is 1.37 bits per heavy atom. The summed E-state index contributed by atoms with van der Waals surface area (Å²) in [4.78, 5) is 11.0. The van der Waals surface area contributed by atoms with Crippen LogP contribution in [0.5, 0.6) is 0 Å². The van der Waals surface area contributed by atoms with Gasteiger partial charge in [-0.2, -0.15) is 0 Å². The summed E-state index contributed by atoms with van der Waals surface area (Å²) < 4.78 is 25.8. The molecule has 106 valence electrons. The quantitative estimate of drug-likeness (QED) is 0.736. The van der Waals surface area contributed by atoms with Crippen molar-refractivity contribution in [3.8, 4) is 0 Å². The van der Waals surface area contributed by atoms with Crippen molar-refractivity contribution in [1.82, 2.24) is 10.0 Å². The number of halogens is 2. The van der Waals surface area contributed by atoms with Gasteiger partial charge in [0.05, 0.1) is 10.7 Å². The van der Waals surface area contributed by atoms with E-state index in [4.69, 9.17) is 28.9 Å². The summed E-state index contributed by atoms with van der Waals surface area (Å²) in [6.45, 7) is 2.19. The summed E-state index contributed by atoms with van der Waals surface area (Å²) in [5.74, 6) is 0. The van der Waals surface area contributed by atoms with Crippen LogP contribution in [0, 0.1) is 0 Å². The Morgan fingerprint density at radius 2 is 2.00 bits per heavy atom. The molecule has 0 aromatic heterocycles. The third-order valence-corrected chi connectivity index (χ3v) is 4.14. The van der Waals surface area contributed by atoms with E-state index in [0.29, 0.717) is 13.0 Å². The first-order valence-corrected chi connectivity index (χ1v) is 7.57. The van der Waals surface area contributed by atoms with E-state index >= 15 is 0 Å². The van der Waals surface area contributed by atoms with Crippen LogP contribution in [0.25, 0.3) is 0 Å². The van der Waals surface area contributed by atoms with E-state index in [0.717, 1.165) is 0 Å². The molecule has 1 aromatic carbocycles. The van der Waals surface area contributed by atoms with Gasteiger partial charge in [-0.15, -0.1) is 0 Å². The second-order valence-corrected chi connectivity index (χ2v) is 6.13. The lowest BCUT2D eigenvalue weighted by atomic mass is 10.3. The van der Waals surface area contributed by atoms with Crippen LogP contribution in [0.3, 0.4) is 0 Å². The minimum atomic E-state index is -4.15. The molecule has 0 atom stereocenters. The molecular formula is C10H13Cl2N3O3S. The molecule has 9 heteroatoms. The molecule has 1 rings (SSSR count). The van der Waals surface area contributed by atoms with E-state index in [2.05, 4.69) is 5.32 Å². The molecule has 0 aliphatic rings. The zero-order chi connectivity index (χ0) is 14.6. The predicted molar refractivity (Wildman–Crippen MR) is 74.9 cm³/mol. The number of nitrogens with two attached hydrogens (primary N) is 1. The molecule has 0 radical (unpaired) electrons. The number of anilines is 1. The van der Waals surface area contributed by atoms with Gasteiger partial charge in [0.2, 0.25) is 0 Å². The average Bonchev–Trinajstić information content (AvgIpc) is 2.23. The molecular weight excluding hydrogens is 313 g/mol. The van der Waals surface area contributed by atoms with Gasteiger partial charge in [-0.3, -0.25) is 0 Å². The van der Waals surface area contributed by atoms with Crippen molar-refractivity contribution < 1.29 is 13.2 Å². The van der Waals surface area contributed by atoms with Crippen LogP contribution in [0.4, 0.5) is 10.5 Å². The number of sulfonamides is 1. The largest absolute Gasteiger partial charge is 0.398 e. The number of hydrogen-bond acceptors (Lipinski definition) is 4. The Hall–Kier alpha value is -1.18. The number of amides is 2. The number of carbonyl (C=O) groups is 1.